The summed E-state index contributed by atoms with van der Waals surface area (Å²) in [6, 6.07) is 12.7. The smallest absolute Gasteiger partial charge is 0.307 e. The van der Waals surface area contributed by atoms with Gasteiger partial charge in [0.1, 0.15) is 12.4 Å². The Labute approximate surface area is 126 Å². The van der Waals surface area contributed by atoms with Gasteiger partial charge in [-0.15, -0.1) is 0 Å². The minimum absolute atomic E-state index is 0.169. The molecule has 0 amide bonds. The molecule has 104 valence electrons. The van der Waals surface area contributed by atoms with Crippen LogP contribution >= 0.6 is 23.2 Å². The maximum absolute atomic E-state index is 10.7. The number of aliphatic carboxylic acids is 1. The number of carbonyl (C=O) groups is 1. The van der Waals surface area contributed by atoms with Gasteiger partial charge in [-0.05, 0) is 17.2 Å². The molecule has 2 aromatic rings. The van der Waals surface area contributed by atoms with Crippen molar-refractivity contribution in [2.45, 2.75) is 13.0 Å². The predicted molar refractivity (Wildman–Crippen MR) is 78.6 cm³/mol. The van der Waals surface area contributed by atoms with Gasteiger partial charge < -0.3 is 9.84 Å². The average molecular weight is 311 g/mol. The van der Waals surface area contributed by atoms with E-state index in [-0.39, 0.29) is 6.42 Å². The van der Waals surface area contributed by atoms with E-state index in [1.165, 1.54) is 6.07 Å². The first-order chi connectivity index (χ1) is 9.56. The lowest BCUT2D eigenvalue weighted by molar-refractivity contribution is -0.136. The number of rotatable bonds is 5. The summed E-state index contributed by atoms with van der Waals surface area (Å²) in [5.74, 6) is -0.518. The number of carboxylic acid groups (broad SMARTS) is 1. The number of hydrogen-bond acceptors (Lipinski definition) is 2. The Morgan fingerprint density at radius 1 is 1.10 bits per heavy atom. The largest absolute Gasteiger partial charge is 0.487 e. The highest BCUT2D eigenvalue weighted by atomic mass is 35.5. The molecule has 0 aliphatic rings. The second-order valence-corrected chi connectivity index (χ2v) is 5.03. The first kappa shape index (κ1) is 14.7. The number of halogens is 2. The molecule has 0 spiro atoms. The van der Waals surface area contributed by atoms with Crippen LogP contribution in [-0.4, -0.2) is 11.1 Å². The normalized spacial score (nSPS) is 10.3. The van der Waals surface area contributed by atoms with E-state index in [1.54, 1.807) is 6.07 Å². The maximum Gasteiger partial charge on any atom is 0.307 e. The number of ether oxygens (including phenoxy) is 1. The van der Waals surface area contributed by atoms with Crippen LogP contribution in [0.3, 0.4) is 0 Å². The SMILES string of the molecule is O=C(O)Cc1cc(Cl)c(OCc2ccccc2)cc1Cl. The predicted octanol–water partition coefficient (Wildman–Crippen LogP) is 4.20. The van der Waals surface area contributed by atoms with Gasteiger partial charge in [0, 0.05) is 11.1 Å². The van der Waals surface area contributed by atoms with Crippen LogP contribution < -0.4 is 4.74 Å². The van der Waals surface area contributed by atoms with E-state index in [4.69, 9.17) is 33.0 Å². The highest BCUT2D eigenvalue weighted by Crippen LogP contribution is 2.32. The van der Waals surface area contributed by atoms with E-state index in [1.807, 2.05) is 30.3 Å². The summed E-state index contributed by atoms with van der Waals surface area (Å²) >= 11 is 12.1. The summed E-state index contributed by atoms with van der Waals surface area (Å²) in [5, 5.41) is 9.45. The monoisotopic (exact) mass is 310 g/mol. The fourth-order valence-electron chi connectivity index (χ4n) is 1.71. The molecule has 20 heavy (non-hydrogen) atoms. The molecule has 0 aliphatic carbocycles. The van der Waals surface area contributed by atoms with Crippen LogP contribution in [0.25, 0.3) is 0 Å². The first-order valence-electron chi connectivity index (χ1n) is 5.92. The summed E-state index contributed by atoms with van der Waals surface area (Å²) in [5.41, 5.74) is 1.48. The molecule has 0 aliphatic heterocycles. The minimum Gasteiger partial charge on any atom is -0.487 e. The van der Waals surface area contributed by atoms with Gasteiger partial charge in [0.2, 0.25) is 0 Å². The molecule has 0 saturated heterocycles. The molecule has 2 aromatic carbocycles. The fourth-order valence-corrected chi connectivity index (χ4v) is 2.18. The van der Waals surface area contributed by atoms with Crippen molar-refractivity contribution in [3.63, 3.8) is 0 Å². The van der Waals surface area contributed by atoms with Crippen molar-refractivity contribution < 1.29 is 14.6 Å². The van der Waals surface area contributed by atoms with Gasteiger partial charge in [-0.1, -0.05) is 53.5 Å². The highest BCUT2D eigenvalue weighted by Gasteiger charge is 2.11. The van der Waals surface area contributed by atoms with Crippen molar-refractivity contribution in [3.05, 3.63) is 63.6 Å². The Morgan fingerprint density at radius 2 is 1.80 bits per heavy atom. The van der Waals surface area contributed by atoms with E-state index >= 15 is 0 Å². The molecule has 0 aromatic heterocycles. The van der Waals surface area contributed by atoms with E-state index in [0.717, 1.165) is 5.56 Å². The molecule has 3 nitrogen and oxygen atoms in total. The van der Waals surface area contributed by atoms with Crippen LogP contribution in [0.1, 0.15) is 11.1 Å². The first-order valence-corrected chi connectivity index (χ1v) is 6.68. The Kier molecular flexibility index (Phi) is 4.88. The maximum atomic E-state index is 10.7. The molecule has 0 unspecified atom stereocenters. The van der Waals surface area contributed by atoms with Crippen LogP contribution in [0.2, 0.25) is 10.0 Å². The Balaban J connectivity index is 2.13. The number of benzene rings is 2. The number of carboxylic acids is 1. The van der Waals surface area contributed by atoms with E-state index < -0.39 is 5.97 Å². The van der Waals surface area contributed by atoms with E-state index in [0.29, 0.717) is 28.0 Å². The molecular formula is C15H12Cl2O3. The molecule has 0 radical (unpaired) electrons. The van der Waals surface area contributed by atoms with Crippen LogP contribution in [0.4, 0.5) is 0 Å². The Hall–Kier alpha value is -1.71. The van der Waals surface area contributed by atoms with E-state index in [9.17, 15) is 4.79 Å². The molecule has 0 bridgehead atoms. The second kappa shape index (κ2) is 6.64. The molecule has 1 N–H and O–H groups in total. The molecule has 5 heteroatoms. The lowest BCUT2D eigenvalue weighted by atomic mass is 10.1. The van der Waals surface area contributed by atoms with Crippen molar-refractivity contribution in [3.8, 4) is 5.75 Å². The summed E-state index contributed by atoms with van der Waals surface area (Å²) in [7, 11) is 0. The summed E-state index contributed by atoms with van der Waals surface area (Å²) in [6.07, 6.45) is -0.169. The van der Waals surface area contributed by atoms with Gasteiger partial charge >= 0.3 is 5.97 Å². The standard InChI is InChI=1S/C15H12Cl2O3/c16-12-8-14(13(17)6-11(12)7-15(18)19)20-9-10-4-2-1-3-5-10/h1-6,8H,7,9H2,(H,18,19). The third-order valence-corrected chi connectivity index (χ3v) is 3.33. The van der Waals surface area contributed by atoms with Gasteiger partial charge in [0.15, 0.2) is 0 Å². The highest BCUT2D eigenvalue weighted by molar-refractivity contribution is 6.34. The lowest BCUT2D eigenvalue weighted by Crippen LogP contribution is -2.02. The number of hydrogen-bond donors (Lipinski definition) is 1. The topological polar surface area (TPSA) is 46.5 Å². The molecule has 0 saturated carbocycles. The Bertz CT molecular complexity index is 612. The van der Waals surface area contributed by atoms with Crippen LogP contribution in [-0.2, 0) is 17.8 Å². The van der Waals surface area contributed by atoms with Crippen LogP contribution in [0.15, 0.2) is 42.5 Å². The van der Waals surface area contributed by atoms with Crippen molar-refractivity contribution in [2.24, 2.45) is 0 Å². The summed E-state index contributed by atoms with van der Waals surface area (Å²) < 4.78 is 5.60. The zero-order valence-corrected chi connectivity index (χ0v) is 12.0. The molecular weight excluding hydrogens is 299 g/mol. The zero-order valence-electron chi connectivity index (χ0n) is 10.5. The molecule has 0 heterocycles. The third kappa shape index (κ3) is 3.89. The van der Waals surface area contributed by atoms with Gasteiger partial charge in [-0.3, -0.25) is 4.79 Å². The van der Waals surface area contributed by atoms with Crippen molar-refractivity contribution in [2.75, 3.05) is 0 Å². The fraction of sp³-hybridized carbons (Fsp3) is 0.133. The molecule has 0 atom stereocenters. The van der Waals surface area contributed by atoms with Crippen LogP contribution in [0.5, 0.6) is 5.75 Å². The zero-order chi connectivity index (χ0) is 14.5. The van der Waals surface area contributed by atoms with Crippen molar-refractivity contribution in [1.82, 2.24) is 0 Å². The summed E-state index contributed by atoms with van der Waals surface area (Å²) in [6.45, 7) is 0.370. The lowest BCUT2D eigenvalue weighted by Gasteiger charge is -2.10. The minimum atomic E-state index is -0.957. The second-order valence-electron chi connectivity index (χ2n) is 4.22. The quantitative estimate of drug-likeness (QED) is 0.900. The van der Waals surface area contributed by atoms with Crippen molar-refractivity contribution >= 4 is 29.2 Å². The van der Waals surface area contributed by atoms with Gasteiger partial charge in [0.25, 0.3) is 0 Å². The van der Waals surface area contributed by atoms with Gasteiger partial charge in [0.05, 0.1) is 11.4 Å². The van der Waals surface area contributed by atoms with Gasteiger partial charge in [-0.2, -0.15) is 0 Å². The average Bonchev–Trinajstić information content (AvgIpc) is 2.41. The molecule has 2 rings (SSSR count). The van der Waals surface area contributed by atoms with E-state index in [2.05, 4.69) is 0 Å². The van der Waals surface area contributed by atoms with Crippen molar-refractivity contribution in [1.29, 1.82) is 0 Å². The van der Waals surface area contributed by atoms with Crippen LogP contribution in [0, 0.1) is 0 Å². The Morgan fingerprint density at radius 3 is 2.45 bits per heavy atom. The summed E-state index contributed by atoms with van der Waals surface area (Å²) in [4.78, 5) is 10.7. The molecule has 0 fully saturated rings. The third-order valence-electron chi connectivity index (χ3n) is 2.68. The van der Waals surface area contributed by atoms with Gasteiger partial charge in [-0.25, -0.2) is 0 Å².